The molecule has 0 aliphatic rings. The Morgan fingerprint density at radius 1 is 0.917 bits per heavy atom. The van der Waals surface area contributed by atoms with Gasteiger partial charge in [-0.05, 0) is 61.3 Å². The normalized spacial score (nSPS) is 11.2. The molecule has 0 aliphatic carbocycles. The van der Waals surface area contributed by atoms with Crippen LogP contribution < -0.4 is 4.90 Å². The summed E-state index contributed by atoms with van der Waals surface area (Å²) in [4.78, 5) is 29.2. The molecule has 0 N–H and O–H groups in total. The number of carbonyl (C=O) groups is 1. The van der Waals surface area contributed by atoms with E-state index >= 15 is 0 Å². The minimum Gasteiger partial charge on any atom is -0.302 e. The van der Waals surface area contributed by atoms with Crippen LogP contribution in [0.15, 0.2) is 66.0 Å². The molecule has 0 spiro atoms. The summed E-state index contributed by atoms with van der Waals surface area (Å²) < 4.78 is 1.10. The summed E-state index contributed by atoms with van der Waals surface area (Å²) >= 11 is 3.21. The summed E-state index contributed by atoms with van der Waals surface area (Å²) in [5.74, 6) is -0.0376. The molecule has 0 radical (unpaired) electrons. The zero-order valence-electron chi connectivity index (χ0n) is 20.6. The SMILES string of the molecule is CCN(CC)CCN(C(=O)c1cc(-c2cccs2)nc2ccccc12)c1nc2ccc(C)cc2s1.Cl. The fourth-order valence-corrected chi connectivity index (χ4v) is 6.02. The number of thiophene rings is 1. The van der Waals surface area contributed by atoms with E-state index in [9.17, 15) is 4.79 Å². The number of pyridine rings is 1. The number of likely N-dealkylation sites (N-methyl/N-ethyl adjacent to an activating group) is 1. The predicted octanol–water partition coefficient (Wildman–Crippen LogP) is 7.29. The van der Waals surface area contributed by atoms with Crippen LogP contribution >= 0.6 is 35.1 Å². The zero-order chi connectivity index (χ0) is 24.4. The van der Waals surface area contributed by atoms with Crippen molar-refractivity contribution in [1.29, 1.82) is 0 Å². The molecule has 36 heavy (non-hydrogen) atoms. The molecule has 0 fully saturated rings. The molecule has 5 nitrogen and oxygen atoms in total. The molecule has 0 unspecified atom stereocenters. The molecule has 3 aromatic heterocycles. The van der Waals surface area contributed by atoms with Gasteiger partial charge in [0.1, 0.15) is 0 Å². The maximum absolute atomic E-state index is 14.3. The van der Waals surface area contributed by atoms with Crippen LogP contribution in [0.2, 0.25) is 0 Å². The number of aromatic nitrogens is 2. The van der Waals surface area contributed by atoms with Crippen LogP contribution in [0, 0.1) is 6.92 Å². The number of halogens is 1. The van der Waals surface area contributed by atoms with E-state index in [1.165, 1.54) is 5.56 Å². The summed E-state index contributed by atoms with van der Waals surface area (Å²) in [6, 6.07) is 20.1. The lowest BCUT2D eigenvalue weighted by molar-refractivity contribution is 0.0985. The van der Waals surface area contributed by atoms with Gasteiger partial charge in [-0.1, -0.05) is 55.5 Å². The number of amides is 1. The molecule has 0 bridgehead atoms. The summed E-state index contributed by atoms with van der Waals surface area (Å²) in [6.07, 6.45) is 0. The average Bonchev–Trinajstić information content (AvgIpc) is 3.56. The quantitative estimate of drug-likeness (QED) is 0.209. The van der Waals surface area contributed by atoms with Crippen molar-refractivity contribution in [3.8, 4) is 10.6 Å². The molecule has 0 aliphatic heterocycles. The molecule has 186 valence electrons. The smallest absolute Gasteiger partial charge is 0.260 e. The van der Waals surface area contributed by atoms with Gasteiger partial charge in [-0.25, -0.2) is 9.97 Å². The van der Waals surface area contributed by atoms with E-state index < -0.39 is 0 Å². The topological polar surface area (TPSA) is 49.3 Å². The van der Waals surface area contributed by atoms with Crippen molar-refractivity contribution in [2.24, 2.45) is 0 Å². The van der Waals surface area contributed by atoms with Crippen molar-refractivity contribution in [3.63, 3.8) is 0 Å². The molecular formula is C28H29ClN4OS2. The number of benzene rings is 2. The van der Waals surface area contributed by atoms with Gasteiger partial charge in [0.2, 0.25) is 0 Å². The second-order valence-electron chi connectivity index (χ2n) is 8.50. The number of thiazole rings is 1. The Labute approximate surface area is 225 Å². The van der Waals surface area contributed by atoms with Gasteiger partial charge in [-0.15, -0.1) is 23.7 Å². The number of aryl methyl sites for hydroxylation is 1. The lowest BCUT2D eigenvalue weighted by Crippen LogP contribution is -2.39. The van der Waals surface area contributed by atoms with Crippen molar-refractivity contribution in [1.82, 2.24) is 14.9 Å². The minimum absolute atomic E-state index is 0. The molecule has 1 amide bonds. The van der Waals surface area contributed by atoms with Gasteiger partial charge in [0.05, 0.1) is 31.9 Å². The van der Waals surface area contributed by atoms with E-state index in [1.54, 1.807) is 22.7 Å². The molecular weight excluding hydrogens is 508 g/mol. The van der Waals surface area contributed by atoms with E-state index in [2.05, 4.69) is 37.8 Å². The standard InChI is InChI=1S/C28H28N4OS2.ClH/c1-4-31(5-2)14-15-32(28-30-23-13-12-19(3)17-26(23)35-28)27(33)21-18-24(25-11-8-16-34-25)29-22-10-7-6-9-20(21)22;/h6-13,16-18H,4-5,14-15H2,1-3H3;1H. The van der Waals surface area contributed by atoms with Crippen LogP contribution in [0.1, 0.15) is 29.8 Å². The first-order chi connectivity index (χ1) is 17.1. The number of nitrogens with zero attached hydrogens (tertiary/aromatic N) is 4. The first kappa shape index (κ1) is 26.2. The number of para-hydroxylation sites is 1. The highest BCUT2D eigenvalue weighted by Crippen LogP contribution is 2.33. The first-order valence-corrected chi connectivity index (χ1v) is 13.6. The highest BCUT2D eigenvalue weighted by molar-refractivity contribution is 7.22. The summed E-state index contributed by atoms with van der Waals surface area (Å²) in [5.41, 5.74) is 4.43. The fraction of sp³-hybridized carbons (Fsp3) is 0.250. The van der Waals surface area contributed by atoms with Gasteiger partial charge in [0, 0.05) is 18.5 Å². The van der Waals surface area contributed by atoms with Gasteiger partial charge in [-0.3, -0.25) is 9.69 Å². The number of carbonyl (C=O) groups excluding carboxylic acids is 1. The Balaban J connectivity index is 0.00000304. The molecule has 3 heterocycles. The lowest BCUT2D eigenvalue weighted by Gasteiger charge is -2.25. The second-order valence-corrected chi connectivity index (χ2v) is 10.5. The highest BCUT2D eigenvalue weighted by Gasteiger charge is 2.25. The fourth-order valence-electron chi connectivity index (χ4n) is 4.25. The van der Waals surface area contributed by atoms with Crippen LogP contribution in [0.3, 0.4) is 0 Å². The molecule has 8 heteroatoms. The Hall–Kier alpha value is -2.84. The van der Waals surface area contributed by atoms with Crippen LogP contribution in [0.4, 0.5) is 5.13 Å². The number of rotatable bonds is 8. The lowest BCUT2D eigenvalue weighted by atomic mass is 10.1. The Bertz CT molecular complexity index is 1480. The molecule has 5 aromatic rings. The van der Waals surface area contributed by atoms with Crippen molar-refractivity contribution >= 4 is 67.2 Å². The van der Waals surface area contributed by atoms with E-state index in [4.69, 9.17) is 9.97 Å². The Morgan fingerprint density at radius 3 is 2.47 bits per heavy atom. The van der Waals surface area contributed by atoms with Gasteiger partial charge >= 0.3 is 0 Å². The Kier molecular flexibility index (Phi) is 8.36. The van der Waals surface area contributed by atoms with Crippen LogP contribution in [-0.4, -0.2) is 47.0 Å². The van der Waals surface area contributed by atoms with Crippen molar-refractivity contribution in [2.75, 3.05) is 31.1 Å². The molecule has 2 aromatic carbocycles. The van der Waals surface area contributed by atoms with E-state index in [0.717, 1.165) is 56.5 Å². The average molecular weight is 537 g/mol. The number of hydrogen-bond donors (Lipinski definition) is 0. The van der Waals surface area contributed by atoms with Crippen molar-refractivity contribution < 1.29 is 4.79 Å². The number of anilines is 1. The maximum Gasteiger partial charge on any atom is 0.260 e. The van der Waals surface area contributed by atoms with Gasteiger partial charge in [-0.2, -0.15) is 0 Å². The van der Waals surface area contributed by atoms with Gasteiger partial charge in [0.25, 0.3) is 5.91 Å². The third-order valence-corrected chi connectivity index (χ3v) is 8.20. The van der Waals surface area contributed by atoms with Crippen LogP contribution in [0.5, 0.6) is 0 Å². The van der Waals surface area contributed by atoms with Crippen LogP contribution in [-0.2, 0) is 0 Å². The largest absolute Gasteiger partial charge is 0.302 e. The molecule has 0 saturated carbocycles. The number of fused-ring (bicyclic) bond motifs is 2. The summed E-state index contributed by atoms with van der Waals surface area (Å²) in [7, 11) is 0. The Morgan fingerprint density at radius 2 is 1.72 bits per heavy atom. The molecule has 5 rings (SSSR count). The molecule has 0 saturated heterocycles. The van der Waals surface area contributed by atoms with Gasteiger partial charge < -0.3 is 4.90 Å². The van der Waals surface area contributed by atoms with Crippen LogP contribution in [0.25, 0.3) is 31.7 Å². The third kappa shape index (κ3) is 5.30. The predicted molar refractivity (Wildman–Crippen MR) is 156 cm³/mol. The maximum atomic E-state index is 14.3. The summed E-state index contributed by atoms with van der Waals surface area (Å²) in [5, 5.41) is 3.64. The second kappa shape index (κ2) is 11.5. The molecule has 0 atom stereocenters. The van der Waals surface area contributed by atoms with E-state index in [-0.39, 0.29) is 18.3 Å². The van der Waals surface area contributed by atoms with Crippen molar-refractivity contribution in [2.45, 2.75) is 20.8 Å². The zero-order valence-corrected chi connectivity index (χ0v) is 23.1. The van der Waals surface area contributed by atoms with Gasteiger partial charge in [0.15, 0.2) is 5.13 Å². The first-order valence-electron chi connectivity index (χ1n) is 11.9. The van der Waals surface area contributed by atoms with E-state index in [1.807, 2.05) is 58.8 Å². The van der Waals surface area contributed by atoms with Crippen molar-refractivity contribution in [3.05, 3.63) is 77.2 Å². The monoisotopic (exact) mass is 536 g/mol. The minimum atomic E-state index is -0.0376. The summed E-state index contributed by atoms with van der Waals surface area (Å²) in [6.45, 7) is 9.63. The highest BCUT2D eigenvalue weighted by atomic mass is 35.5. The third-order valence-electron chi connectivity index (χ3n) is 6.26. The van der Waals surface area contributed by atoms with E-state index in [0.29, 0.717) is 12.1 Å². The number of hydrogen-bond acceptors (Lipinski definition) is 6.